The number of nitrogens with one attached hydrogen (secondary N) is 1. The molecule has 0 amide bonds. The Morgan fingerprint density at radius 2 is 1.89 bits per heavy atom. The molecule has 2 N–H and O–H groups in total. The minimum Gasteiger partial charge on any atom is -0.508 e. The van der Waals surface area contributed by atoms with Crippen molar-refractivity contribution < 1.29 is 5.11 Å². The van der Waals surface area contributed by atoms with Crippen LogP contribution in [0.3, 0.4) is 0 Å². The lowest BCUT2D eigenvalue weighted by molar-refractivity contribution is 0.475. The minimum atomic E-state index is 0.274. The molecule has 0 aliphatic carbocycles. The van der Waals surface area contributed by atoms with E-state index in [1.807, 2.05) is 24.3 Å². The molecule has 2 aromatic rings. The molecule has 0 aliphatic heterocycles. The molecule has 19 heavy (non-hydrogen) atoms. The zero-order valence-electron chi connectivity index (χ0n) is 10.2. The summed E-state index contributed by atoms with van der Waals surface area (Å²) in [5.41, 5.74) is 2.60. The number of phenols is 1. The third-order valence-electron chi connectivity index (χ3n) is 2.77. The summed E-state index contributed by atoms with van der Waals surface area (Å²) in [5, 5.41) is 21.5. The summed E-state index contributed by atoms with van der Waals surface area (Å²) < 4.78 is 0.943. The molecule has 0 aromatic heterocycles. The Morgan fingerprint density at radius 3 is 2.58 bits per heavy atom. The number of aromatic hydroxyl groups is 1. The summed E-state index contributed by atoms with van der Waals surface area (Å²) in [5.74, 6) is 0.274. The second-order valence-corrected chi connectivity index (χ2v) is 5.06. The molecule has 0 saturated carbocycles. The Labute approximate surface area is 120 Å². The largest absolute Gasteiger partial charge is 0.508 e. The monoisotopic (exact) mass is 316 g/mol. The maximum Gasteiger partial charge on any atom is 0.115 e. The number of hydrogen-bond acceptors (Lipinski definition) is 3. The Morgan fingerprint density at radius 1 is 1.16 bits per heavy atom. The summed E-state index contributed by atoms with van der Waals surface area (Å²) in [6, 6.07) is 14.8. The van der Waals surface area contributed by atoms with Crippen LogP contribution in [0.5, 0.6) is 5.75 Å². The average Bonchev–Trinajstić information content (AvgIpc) is 2.41. The zero-order valence-corrected chi connectivity index (χ0v) is 11.8. The number of hydrogen-bond donors (Lipinski definition) is 2. The van der Waals surface area contributed by atoms with Gasteiger partial charge in [-0.05, 0) is 42.3 Å². The van der Waals surface area contributed by atoms with Crippen LogP contribution >= 0.6 is 15.9 Å². The van der Waals surface area contributed by atoms with Crippen molar-refractivity contribution >= 4 is 21.6 Å². The number of rotatable bonds is 4. The first-order valence-corrected chi connectivity index (χ1v) is 6.70. The summed E-state index contributed by atoms with van der Waals surface area (Å²) in [7, 11) is 0. The zero-order chi connectivity index (χ0) is 13.7. The summed E-state index contributed by atoms with van der Waals surface area (Å²) >= 11 is 3.39. The van der Waals surface area contributed by atoms with Crippen molar-refractivity contribution in [3.63, 3.8) is 0 Å². The van der Waals surface area contributed by atoms with Crippen molar-refractivity contribution in [2.75, 3.05) is 11.9 Å². The highest BCUT2D eigenvalue weighted by molar-refractivity contribution is 9.10. The number of phenolic OH excluding ortho intramolecular Hbond substituents is 1. The van der Waals surface area contributed by atoms with Crippen LogP contribution in [0.25, 0.3) is 0 Å². The van der Waals surface area contributed by atoms with Gasteiger partial charge in [-0.2, -0.15) is 5.26 Å². The summed E-state index contributed by atoms with van der Waals surface area (Å²) in [6.07, 6.45) is 0.831. The van der Waals surface area contributed by atoms with Crippen molar-refractivity contribution in [1.82, 2.24) is 0 Å². The minimum absolute atomic E-state index is 0.274. The van der Waals surface area contributed by atoms with Crippen molar-refractivity contribution in [3.05, 3.63) is 58.1 Å². The van der Waals surface area contributed by atoms with Crippen LogP contribution in [0, 0.1) is 11.3 Å². The normalized spacial score (nSPS) is 9.89. The second kappa shape index (κ2) is 6.26. The van der Waals surface area contributed by atoms with Crippen LogP contribution in [0.4, 0.5) is 5.69 Å². The Hall–Kier alpha value is -1.99. The van der Waals surface area contributed by atoms with Gasteiger partial charge in [0.05, 0.1) is 11.3 Å². The molecule has 0 heterocycles. The van der Waals surface area contributed by atoms with Gasteiger partial charge in [-0.25, -0.2) is 0 Å². The third-order valence-corrected chi connectivity index (χ3v) is 3.26. The van der Waals surface area contributed by atoms with Crippen LogP contribution in [-0.4, -0.2) is 11.7 Å². The third kappa shape index (κ3) is 3.73. The Bertz CT molecular complexity index is 603. The molecule has 0 unspecified atom stereocenters. The van der Waals surface area contributed by atoms with Crippen LogP contribution in [0.1, 0.15) is 11.1 Å². The van der Waals surface area contributed by atoms with Crippen LogP contribution in [0.2, 0.25) is 0 Å². The lowest BCUT2D eigenvalue weighted by atomic mass is 10.1. The van der Waals surface area contributed by atoms with E-state index >= 15 is 0 Å². The molecule has 0 fully saturated rings. The molecular formula is C15H13BrN2O. The molecule has 4 heteroatoms. The quantitative estimate of drug-likeness (QED) is 0.904. The van der Waals surface area contributed by atoms with E-state index in [0.717, 1.165) is 28.7 Å². The maximum absolute atomic E-state index is 9.20. The molecule has 0 saturated heterocycles. The molecule has 2 rings (SSSR count). The fourth-order valence-electron chi connectivity index (χ4n) is 1.76. The van der Waals surface area contributed by atoms with Gasteiger partial charge in [0.1, 0.15) is 11.8 Å². The second-order valence-electron chi connectivity index (χ2n) is 4.14. The number of nitrogens with zero attached hydrogens (tertiary/aromatic N) is 1. The highest BCUT2D eigenvalue weighted by Gasteiger charge is 2.02. The van der Waals surface area contributed by atoms with Crippen molar-refractivity contribution in [2.24, 2.45) is 0 Å². The van der Waals surface area contributed by atoms with Crippen LogP contribution < -0.4 is 5.32 Å². The lowest BCUT2D eigenvalue weighted by Gasteiger charge is -2.08. The predicted octanol–water partition coefficient (Wildman–Crippen LogP) is 3.68. The van der Waals surface area contributed by atoms with E-state index in [9.17, 15) is 5.11 Å². The van der Waals surface area contributed by atoms with E-state index in [1.165, 1.54) is 0 Å². The average molecular weight is 317 g/mol. The molecule has 0 radical (unpaired) electrons. The van der Waals surface area contributed by atoms with Gasteiger partial charge in [0.25, 0.3) is 0 Å². The first kappa shape index (κ1) is 13.4. The van der Waals surface area contributed by atoms with Crippen LogP contribution in [0.15, 0.2) is 46.9 Å². The van der Waals surface area contributed by atoms with E-state index < -0.39 is 0 Å². The topological polar surface area (TPSA) is 56.0 Å². The van der Waals surface area contributed by atoms with Gasteiger partial charge < -0.3 is 10.4 Å². The Kier molecular flexibility index (Phi) is 4.43. The molecule has 2 aromatic carbocycles. The van der Waals surface area contributed by atoms with E-state index in [4.69, 9.17) is 5.26 Å². The highest BCUT2D eigenvalue weighted by atomic mass is 79.9. The fourth-order valence-corrected chi connectivity index (χ4v) is 2.13. The van der Waals surface area contributed by atoms with Gasteiger partial charge in [-0.3, -0.25) is 0 Å². The van der Waals surface area contributed by atoms with Crippen molar-refractivity contribution in [3.8, 4) is 11.8 Å². The van der Waals surface area contributed by atoms with E-state index in [0.29, 0.717) is 5.56 Å². The van der Waals surface area contributed by atoms with Gasteiger partial charge in [-0.15, -0.1) is 0 Å². The molecule has 0 aliphatic rings. The molecule has 3 nitrogen and oxygen atoms in total. The maximum atomic E-state index is 9.20. The van der Waals surface area contributed by atoms with E-state index in [2.05, 4.69) is 27.3 Å². The SMILES string of the molecule is N#Cc1ccc(Br)cc1NCCc1ccc(O)cc1. The van der Waals surface area contributed by atoms with Gasteiger partial charge in [0, 0.05) is 11.0 Å². The van der Waals surface area contributed by atoms with Gasteiger partial charge >= 0.3 is 0 Å². The van der Waals surface area contributed by atoms with E-state index in [1.54, 1.807) is 18.2 Å². The van der Waals surface area contributed by atoms with Crippen LogP contribution in [-0.2, 0) is 6.42 Å². The summed E-state index contributed by atoms with van der Waals surface area (Å²) in [4.78, 5) is 0. The Balaban J connectivity index is 1.98. The van der Waals surface area contributed by atoms with Crippen molar-refractivity contribution in [2.45, 2.75) is 6.42 Å². The molecule has 0 bridgehead atoms. The smallest absolute Gasteiger partial charge is 0.115 e. The standard InChI is InChI=1S/C15H13BrN2O/c16-13-4-3-12(10-17)15(9-13)18-8-7-11-1-5-14(19)6-2-11/h1-6,9,18-19H,7-8H2. The molecule has 0 spiro atoms. The molecule has 0 atom stereocenters. The lowest BCUT2D eigenvalue weighted by Crippen LogP contribution is -2.06. The number of anilines is 1. The molecule has 96 valence electrons. The first-order valence-electron chi connectivity index (χ1n) is 5.90. The number of benzene rings is 2. The van der Waals surface area contributed by atoms with Gasteiger partial charge in [-0.1, -0.05) is 28.1 Å². The molecular weight excluding hydrogens is 304 g/mol. The first-order chi connectivity index (χ1) is 9.19. The summed E-state index contributed by atoms with van der Waals surface area (Å²) in [6.45, 7) is 0.732. The highest BCUT2D eigenvalue weighted by Crippen LogP contribution is 2.20. The van der Waals surface area contributed by atoms with Crippen molar-refractivity contribution in [1.29, 1.82) is 5.26 Å². The number of nitriles is 1. The van der Waals surface area contributed by atoms with E-state index in [-0.39, 0.29) is 5.75 Å². The fraction of sp³-hybridized carbons (Fsp3) is 0.133. The predicted molar refractivity (Wildman–Crippen MR) is 79.2 cm³/mol. The van der Waals surface area contributed by atoms with Gasteiger partial charge in [0.2, 0.25) is 0 Å². The number of halogens is 1. The van der Waals surface area contributed by atoms with Gasteiger partial charge in [0.15, 0.2) is 0 Å².